The zero-order valence-corrected chi connectivity index (χ0v) is 22.4. The van der Waals surface area contributed by atoms with Crippen LogP contribution in [-0.4, -0.2) is 97.5 Å². The predicted molar refractivity (Wildman–Crippen MR) is 138 cm³/mol. The summed E-state index contributed by atoms with van der Waals surface area (Å²) in [7, 11) is 0. The molecule has 5 rings (SSSR count). The summed E-state index contributed by atoms with van der Waals surface area (Å²) >= 11 is 0. The van der Waals surface area contributed by atoms with Gasteiger partial charge >= 0.3 is 12.1 Å². The molecule has 1 aromatic carbocycles. The summed E-state index contributed by atoms with van der Waals surface area (Å²) in [6, 6.07) is 3.58. The first-order valence-electron chi connectivity index (χ1n) is 14.1. The van der Waals surface area contributed by atoms with Crippen molar-refractivity contribution >= 4 is 23.5 Å². The van der Waals surface area contributed by atoms with Crippen LogP contribution in [0.25, 0.3) is 0 Å². The lowest BCUT2D eigenvalue weighted by molar-refractivity contribution is -0.152. The number of piperazine rings is 1. The van der Waals surface area contributed by atoms with Crippen molar-refractivity contribution in [2.24, 2.45) is 11.8 Å². The Morgan fingerprint density at radius 2 is 1.69 bits per heavy atom. The van der Waals surface area contributed by atoms with E-state index >= 15 is 0 Å². The predicted octanol–water partition coefficient (Wildman–Crippen LogP) is 2.79. The van der Waals surface area contributed by atoms with Gasteiger partial charge in [-0.25, -0.2) is 0 Å². The molecule has 3 fully saturated rings. The summed E-state index contributed by atoms with van der Waals surface area (Å²) in [6.45, 7) is 6.38. The van der Waals surface area contributed by atoms with Gasteiger partial charge in [-0.15, -0.1) is 0 Å². The van der Waals surface area contributed by atoms with Crippen molar-refractivity contribution in [3.63, 3.8) is 0 Å². The van der Waals surface area contributed by atoms with Crippen molar-refractivity contribution in [1.29, 1.82) is 0 Å². The molecule has 1 aromatic rings. The van der Waals surface area contributed by atoms with Gasteiger partial charge in [-0.05, 0) is 62.8 Å². The number of halogens is 3. The Morgan fingerprint density at radius 1 is 0.974 bits per heavy atom. The van der Waals surface area contributed by atoms with E-state index in [4.69, 9.17) is 4.74 Å². The molecule has 11 heteroatoms. The fraction of sp³-hybridized carbons (Fsp3) is 0.679. The van der Waals surface area contributed by atoms with Crippen molar-refractivity contribution in [3.05, 3.63) is 29.3 Å². The van der Waals surface area contributed by atoms with Gasteiger partial charge in [0.2, 0.25) is 11.8 Å². The lowest BCUT2D eigenvalue weighted by atomic mass is 9.82. The van der Waals surface area contributed by atoms with Crippen molar-refractivity contribution in [3.8, 4) is 0 Å². The van der Waals surface area contributed by atoms with Crippen LogP contribution in [0.5, 0.6) is 0 Å². The minimum absolute atomic E-state index is 0.0934. The van der Waals surface area contributed by atoms with Gasteiger partial charge in [-0.3, -0.25) is 19.3 Å². The second-order valence-electron chi connectivity index (χ2n) is 11.1. The maximum absolute atomic E-state index is 13.9. The molecule has 0 radical (unpaired) electrons. The highest BCUT2D eigenvalue weighted by Crippen LogP contribution is 2.40. The number of piperidine rings is 1. The van der Waals surface area contributed by atoms with Crippen LogP contribution in [0.3, 0.4) is 0 Å². The van der Waals surface area contributed by atoms with E-state index in [0.29, 0.717) is 57.7 Å². The monoisotopic (exact) mass is 550 g/mol. The number of fused-ring (bicyclic) bond motifs is 3. The van der Waals surface area contributed by atoms with Crippen LogP contribution < -0.4 is 4.90 Å². The summed E-state index contributed by atoms with van der Waals surface area (Å²) < 4.78 is 45.7. The van der Waals surface area contributed by atoms with E-state index in [0.717, 1.165) is 37.7 Å². The molecule has 4 aliphatic rings. The van der Waals surface area contributed by atoms with Gasteiger partial charge in [-0.2, -0.15) is 13.2 Å². The lowest BCUT2D eigenvalue weighted by Gasteiger charge is -2.50. The first kappa shape index (κ1) is 27.7. The number of amides is 2. The molecule has 39 heavy (non-hydrogen) atoms. The molecule has 214 valence electrons. The topological polar surface area (TPSA) is 73.4 Å². The van der Waals surface area contributed by atoms with Gasteiger partial charge in [0.25, 0.3) is 0 Å². The molecule has 2 unspecified atom stereocenters. The van der Waals surface area contributed by atoms with E-state index in [-0.39, 0.29) is 42.7 Å². The fourth-order valence-electron chi connectivity index (χ4n) is 6.57. The van der Waals surface area contributed by atoms with E-state index in [1.54, 1.807) is 11.8 Å². The molecule has 3 saturated heterocycles. The molecule has 0 saturated carbocycles. The van der Waals surface area contributed by atoms with Gasteiger partial charge in [-0.1, -0.05) is 0 Å². The number of hydrogen-bond acceptors (Lipinski definition) is 6. The minimum Gasteiger partial charge on any atom is -0.466 e. The molecule has 0 aromatic heterocycles. The average molecular weight is 551 g/mol. The molecule has 8 nitrogen and oxygen atoms in total. The average Bonchev–Trinajstić information content (AvgIpc) is 3.47. The Morgan fingerprint density at radius 3 is 2.36 bits per heavy atom. The van der Waals surface area contributed by atoms with Crippen molar-refractivity contribution in [2.75, 3.05) is 63.9 Å². The third-order valence-electron chi connectivity index (χ3n) is 8.68. The summed E-state index contributed by atoms with van der Waals surface area (Å²) in [5, 5.41) is 0. The van der Waals surface area contributed by atoms with E-state index in [9.17, 15) is 27.6 Å². The number of carbonyl (C=O) groups is 3. The Labute approximate surface area is 227 Å². The lowest BCUT2D eigenvalue weighted by Crippen LogP contribution is -2.62. The molecule has 2 amide bonds. The quantitative estimate of drug-likeness (QED) is 0.526. The Balaban J connectivity index is 1.35. The highest BCUT2D eigenvalue weighted by Gasteiger charge is 2.45. The first-order chi connectivity index (χ1) is 18.7. The number of benzene rings is 1. The third-order valence-corrected chi connectivity index (χ3v) is 8.68. The molecule has 4 aliphatic heterocycles. The summed E-state index contributed by atoms with van der Waals surface area (Å²) in [5.74, 6) is -1.02. The van der Waals surface area contributed by atoms with Crippen LogP contribution in [-0.2, 0) is 31.7 Å². The molecular weight excluding hydrogens is 513 g/mol. The summed E-state index contributed by atoms with van der Waals surface area (Å²) in [4.78, 5) is 46.7. The van der Waals surface area contributed by atoms with Gasteiger partial charge in [0.05, 0.1) is 36.6 Å². The van der Waals surface area contributed by atoms with E-state index in [1.165, 1.54) is 12.1 Å². The smallest absolute Gasteiger partial charge is 0.416 e. The van der Waals surface area contributed by atoms with E-state index < -0.39 is 17.7 Å². The Hall–Kier alpha value is -2.82. The SMILES string of the molecule is CCOC(=O)C1CCN(C(=O)C2Cc3cc(C(F)(F)F)ccc3N3CCN(CC(=O)N4CCCC4)CC23)CC1. The molecule has 0 N–H and O–H groups in total. The van der Waals surface area contributed by atoms with Crippen LogP contribution in [0.15, 0.2) is 18.2 Å². The normalized spacial score (nSPS) is 24.4. The van der Waals surface area contributed by atoms with Gasteiger partial charge in [0.15, 0.2) is 0 Å². The van der Waals surface area contributed by atoms with E-state index in [2.05, 4.69) is 9.80 Å². The number of rotatable bonds is 5. The van der Waals surface area contributed by atoms with Crippen LogP contribution in [0.4, 0.5) is 18.9 Å². The number of alkyl halides is 3. The highest BCUT2D eigenvalue weighted by atomic mass is 19.4. The van der Waals surface area contributed by atoms with Gasteiger partial charge in [0, 0.05) is 51.5 Å². The minimum atomic E-state index is -4.46. The van der Waals surface area contributed by atoms with Gasteiger partial charge in [0.1, 0.15) is 0 Å². The summed E-state index contributed by atoms with van der Waals surface area (Å²) in [6.07, 6.45) is -1.20. The zero-order chi connectivity index (χ0) is 27.7. The molecule has 0 spiro atoms. The van der Waals surface area contributed by atoms with Crippen LogP contribution in [0.1, 0.15) is 43.7 Å². The summed E-state index contributed by atoms with van der Waals surface area (Å²) in [5.41, 5.74) is 0.557. The first-order valence-corrected chi connectivity index (χ1v) is 14.1. The maximum Gasteiger partial charge on any atom is 0.416 e. The van der Waals surface area contributed by atoms with Crippen molar-refractivity contribution < 1.29 is 32.3 Å². The van der Waals surface area contributed by atoms with Crippen LogP contribution in [0.2, 0.25) is 0 Å². The molecule has 0 aliphatic carbocycles. The molecule has 0 bridgehead atoms. The number of nitrogens with zero attached hydrogens (tertiary/aromatic N) is 4. The van der Waals surface area contributed by atoms with Crippen LogP contribution >= 0.6 is 0 Å². The van der Waals surface area contributed by atoms with E-state index in [1.807, 2.05) is 4.90 Å². The second kappa shape index (κ2) is 11.3. The Kier molecular flexibility index (Phi) is 8.07. The third kappa shape index (κ3) is 5.88. The number of ether oxygens (including phenoxy) is 1. The molecule has 2 atom stereocenters. The standard InChI is InChI=1S/C28H37F3N4O4/c1-2-39-27(38)19-7-11-34(12-8-19)26(37)22-16-20-15-21(28(29,30)31)5-6-23(20)35-14-13-32(17-24(22)35)18-25(36)33-9-3-4-10-33/h5-6,15,19,22,24H,2-4,7-14,16-18H2,1H3. The van der Waals surface area contributed by atoms with Crippen molar-refractivity contribution in [1.82, 2.24) is 14.7 Å². The number of hydrogen-bond donors (Lipinski definition) is 0. The number of likely N-dealkylation sites (tertiary alicyclic amines) is 2. The number of esters is 1. The number of carbonyl (C=O) groups excluding carboxylic acids is 3. The van der Waals surface area contributed by atoms with Crippen molar-refractivity contribution in [2.45, 2.75) is 51.2 Å². The molecular formula is C28H37F3N4O4. The Bertz CT molecular complexity index is 1080. The number of anilines is 1. The molecule has 4 heterocycles. The second-order valence-corrected chi connectivity index (χ2v) is 11.1. The van der Waals surface area contributed by atoms with Crippen LogP contribution in [0, 0.1) is 11.8 Å². The maximum atomic E-state index is 13.9. The highest BCUT2D eigenvalue weighted by molar-refractivity contribution is 5.83. The van der Waals surface area contributed by atoms with Gasteiger partial charge < -0.3 is 19.4 Å². The zero-order valence-electron chi connectivity index (χ0n) is 22.4. The fourth-order valence-corrected chi connectivity index (χ4v) is 6.57. The largest absolute Gasteiger partial charge is 0.466 e.